The summed E-state index contributed by atoms with van der Waals surface area (Å²) in [6.07, 6.45) is 1.92. The Bertz CT molecular complexity index is 1210. The van der Waals surface area contributed by atoms with E-state index >= 15 is 0 Å². The van der Waals surface area contributed by atoms with Gasteiger partial charge in [0.1, 0.15) is 8.07 Å². The Morgan fingerprint density at radius 1 is 0.677 bits per heavy atom. The number of fused-ring (bicyclic) bond motifs is 1. The molecule has 4 rings (SSSR count). The molecule has 1 nitrogen and oxygen atoms in total. The normalized spacial score (nSPS) is 12.9. The van der Waals surface area contributed by atoms with Gasteiger partial charge in [-0.3, -0.25) is 4.98 Å². The van der Waals surface area contributed by atoms with Gasteiger partial charge in [-0.2, -0.15) is 0 Å². The number of benzene rings is 3. The third-order valence-electron chi connectivity index (χ3n) is 5.86. The minimum atomic E-state index is -1.99. The summed E-state index contributed by atoms with van der Waals surface area (Å²) in [4.78, 5) is 4.79. The number of rotatable bonds is 5. The van der Waals surface area contributed by atoms with Gasteiger partial charge in [-0.1, -0.05) is 122 Å². The Kier molecular flexibility index (Phi) is 5.82. The van der Waals surface area contributed by atoms with E-state index in [4.69, 9.17) is 4.98 Å². The molecule has 1 heterocycles. The molecule has 4 aromatic rings. The molecule has 0 amide bonds. The predicted octanol–water partition coefficient (Wildman–Crippen LogP) is 7.32. The second kappa shape index (κ2) is 8.41. The highest BCUT2D eigenvalue weighted by molar-refractivity contribution is 7.07. The summed E-state index contributed by atoms with van der Waals surface area (Å²) in [6, 6.07) is 30.7. The van der Waals surface area contributed by atoms with Crippen LogP contribution in [0.2, 0.25) is 32.7 Å². The van der Waals surface area contributed by atoms with E-state index in [2.05, 4.69) is 117 Å². The summed E-state index contributed by atoms with van der Waals surface area (Å²) >= 11 is 0. The number of pyridine rings is 1. The van der Waals surface area contributed by atoms with Gasteiger partial charge in [0.05, 0.1) is 13.6 Å². The summed E-state index contributed by atoms with van der Waals surface area (Å²) in [6.45, 7) is 12.2. The van der Waals surface area contributed by atoms with Crippen molar-refractivity contribution >= 4 is 37.4 Å². The second-order valence-corrected chi connectivity index (χ2v) is 19.2. The molecule has 0 fully saturated rings. The van der Waals surface area contributed by atoms with Crippen LogP contribution in [0.25, 0.3) is 27.2 Å². The zero-order valence-electron chi connectivity index (χ0n) is 19.2. The quantitative estimate of drug-likeness (QED) is 0.298. The van der Waals surface area contributed by atoms with Crippen molar-refractivity contribution in [3.05, 3.63) is 102 Å². The molecule has 31 heavy (non-hydrogen) atoms. The molecule has 0 spiro atoms. The molecule has 0 saturated heterocycles. The molecular formula is C28H31NSi2. The molecule has 0 saturated carbocycles. The van der Waals surface area contributed by atoms with Crippen LogP contribution in [0.4, 0.5) is 0 Å². The Balaban J connectivity index is 1.85. The van der Waals surface area contributed by atoms with E-state index in [0.29, 0.717) is 0 Å². The van der Waals surface area contributed by atoms with Crippen molar-refractivity contribution in [2.24, 2.45) is 0 Å². The molecule has 1 aromatic heterocycles. The fraction of sp³-hybridized carbons (Fsp3) is 0.179. The molecule has 0 unspecified atom stereocenters. The van der Waals surface area contributed by atoms with E-state index in [0.717, 1.165) is 5.52 Å². The zero-order valence-corrected chi connectivity index (χ0v) is 21.2. The standard InChI is InChI=1S/C28H31NSi2/c1-30(2,3)21-27(24-18-16-23(17-19-24)22-11-7-6-8-12-22)31(4,5)26-15-9-13-25-14-10-20-29-28(25)26/h6-21H,1-5H3/b27-21+. The van der Waals surface area contributed by atoms with Crippen LogP contribution in [-0.2, 0) is 0 Å². The zero-order chi connectivity index (χ0) is 22.1. The Labute approximate surface area is 188 Å². The lowest BCUT2D eigenvalue weighted by Crippen LogP contribution is -2.44. The van der Waals surface area contributed by atoms with E-state index in [1.54, 1.807) is 0 Å². The third-order valence-corrected chi connectivity index (χ3v) is 10.8. The molecule has 0 radical (unpaired) electrons. The molecule has 0 aliphatic rings. The van der Waals surface area contributed by atoms with E-state index < -0.39 is 16.1 Å². The minimum Gasteiger partial charge on any atom is -0.256 e. The van der Waals surface area contributed by atoms with Crippen molar-refractivity contribution in [2.75, 3.05) is 0 Å². The maximum absolute atomic E-state index is 4.79. The van der Waals surface area contributed by atoms with Crippen molar-refractivity contribution in [1.29, 1.82) is 0 Å². The Morgan fingerprint density at radius 3 is 2.00 bits per heavy atom. The summed E-state index contributed by atoms with van der Waals surface area (Å²) < 4.78 is 0. The second-order valence-electron chi connectivity index (χ2n) is 9.87. The SMILES string of the molecule is C[Si](C)(C)/C=C(\c1ccc(-c2ccccc2)cc1)[Si](C)(C)c1cccc2cccnc12. The number of aromatic nitrogens is 1. The van der Waals surface area contributed by atoms with Gasteiger partial charge in [0, 0.05) is 11.6 Å². The minimum absolute atomic E-state index is 1.16. The van der Waals surface area contributed by atoms with Crippen LogP contribution < -0.4 is 5.19 Å². The van der Waals surface area contributed by atoms with Crippen LogP contribution in [0, 0.1) is 0 Å². The van der Waals surface area contributed by atoms with Crippen LogP contribution >= 0.6 is 0 Å². The average molecular weight is 438 g/mol. The van der Waals surface area contributed by atoms with E-state index in [-0.39, 0.29) is 0 Å². The van der Waals surface area contributed by atoms with E-state index in [9.17, 15) is 0 Å². The van der Waals surface area contributed by atoms with Crippen molar-refractivity contribution in [3.63, 3.8) is 0 Å². The van der Waals surface area contributed by atoms with Gasteiger partial charge in [0.2, 0.25) is 0 Å². The van der Waals surface area contributed by atoms with Crippen molar-refractivity contribution in [2.45, 2.75) is 32.7 Å². The molecule has 3 heteroatoms. The lowest BCUT2D eigenvalue weighted by Gasteiger charge is -2.30. The highest BCUT2D eigenvalue weighted by atomic mass is 28.3. The molecule has 0 bridgehead atoms. The van der Waals surface area contributed by atoms with Crippen molar-refractivity contribution < 1.29 is 0 Å². The van der Waals surface area contributed by atoms with Crippen LogP contribution in [0.5, 0.6) is 0 Å². The topological polar surface area (TPSA) is 12.9 Å². The number of para-hydroxylation sites is 1. The predicted molar refractivity (Wildman–Crippen MR) is 142 cm³/mol. The Hall–Kier alpha value is -2.76. The van der Waals surface area contributed by atoms with Crippen LogP contribution in [0.1, 0.15) is 5.56 Å². The van der Waals surface area contributed by atoms with Gasteiger partial charge in [0.25, 0.3) is 0 Å². The average Bonchev–Trinajstić information content (AvgIpc) is 2.77. The van der Waals surface area contributed by atoms with Crippen LogP contribution in [0.3, 0.4) is 0 Å². The van der Waals surface area contributed by atoms with Crippen molar-refractivity contribution in [1.82, 2.24) is 4.98 Å². The maximum atomic E-state index is 4.79. The largest absolute Gasteiger partial charge is 0.256 e. The van der Waals surface area contributed by atoms with E-state index in [1.807, 2.05) is 12.3 Å². The number of hydrogen-bond donors (Lipinski definition) is 0. The summed E-state index contributed by atoms with van der Waals surface area (Å²) in [7, 11) is -3.43. The maximum Gasteiger partial charge on any atom is 0.114 e. The van der Waals surface area contributed by atoms with Gasteiger partial charge in [0.15, 0.2) is 0 Å². The van der Waals surface area contributed by atoms with Crippen LogP contribution in [-0.4, -0.2) is 21.1 Å². The third kappa shape index (κ3) is 4.63. The molecule has 0 N–H and O–H groups in total. The van der Waals surface area contributed by atoms with Gasteiger partial charge in [-0.25, -0.2) is 0 Å². The molecule has 0 aliphatic carbocycles. The highest BCUT2D eigenvalue weighted by Crippen LogP contribution is 2.31. The fourth-order valence-corrected chi connectivity index (χ4v) is 10.6. The first-order valence-electron chi connectivity index (χ1n) is 11.0. The highest BCUT2D eigenvalue weighted by Gasteiger charge is 2.32. The lowest BCUT2D eigenvalue weighted by atomic mass is 10.0. The first kappa shape index (κ1) is 21.5. The van der Waals surface area contributed by atoms with Gasteiger partial charge < -0.3 is 0 Å². The molecular weight excluding hydrogens is 406 g/mol. The smallest absolute Gasteiger partial charge is 0.114 e. The van der Waals surface area contributed by atoms with Gasteiger partial charge in [-0.05, 0) is 27.9 Å². The Morgan fingerprint density at radius 2 is 1.32 bits per heavy atom. The number of hydrogen-bond acceptors (Lipinski definition) is 1. The van der Waals surface area contributed by atoms with Crippen LogP contribution in [0.15, 0.2) is 96.8 Å². The number of nitrogens with zero attached hydrogens (tertiary/aromatic N) is 1. The van der Waals surface area contributed by atoms with Gasteiger partial charge >= 0.3 is 0 Å². The molecule has 3 aromatic carbocycles. The summed E-state index contributed by atoms with van der Waals surface area (Å²) in [5.74, 6) is 0. The van der Waals surface area contributed by atoms with Gasteiger partial charge in [-0.15, -0.1) is 0 Å². The van der Waals surface area contributed by atoms with Crippen molar-refractivity contribution in [3.8, 4) is 11.1 Å². The molecule has 0 atom stereocenters. The summed E-state index contributed by atoms with van der Waals surface area (Å²) in [5.41, 5.74) is 7.66. The fourth-order valence-electron chi connectivity index (χ4n) is 4.28. The first-order valence-corrected chi connectivity index (χ1v) is 17.6. The molecule has 0 aliphatic heterocycles. The first-order chi connectivity index (χ1) is 14.8. The lowest BCUT2D eigenvalue weighted by molar-refractivity contribution is 1.42. The van der Waals surface area contributed by atoms with E-state index in [1.165, 1.54) is 32.5 Å². The molecule has 156 valence electrons. The monoisotopic (exact) mass is 437 g/mol. The summed E-state index contributed by atoms with van der Waals surface area (Å²) in [5, 5.41) is 4.18.